The molecule has 0 saturated heterocycles. The Morgan fingerprint density at radius 3 is 2.07 bits per heavy atom. The molecule has 1 aromatic rings. The summed E-state index contributed by atoms with van der Waals surface area (Å²) in [4.78, 5) is 10.8. The molecule has 1 aromatic carbocycles. The van der Waals surface area contributed by atoms with Crippen molar-refractivity contribution in [1.82, 2.24) is 5.32 Å². The highest BCUT2D eigenvalue weighted by Gasteiger charge is 2.10. The number of carbonyl (C=O) groups is 1. The second-order valence-corrected chi connectivity index (χ2v) is 3.05. The number of aldehydes is 1. The number of ether oxygens (including phenoxy) is 2. The third-order valence-electron chi connectivity index (χ3n) is 2.18. The van der Waals surface area contributed by atoms with Gasteiger partial charge in [-0.05, 0) is 24.7 Å². The fraction of sp³-hybridized carbons (Fsp3) is 0.364. The number of hydrogen-bond acceptors (Lipinski definition) is 4. The van der Waals surface area contributed by atoms with Crippen molar-refractivity contribution in [3.63, 3.8) is 0 Å². The number of benzene rings is 1. The van der Waals surface area contributed by atoms with Crippen molar-refractivity contribution in [3.8, 4) is 11.5 Å². The maximum atomic E-state index is 10.8. The van der Waals surface area contributed by atoms with Crippen LogP contribution in [0, 0.1) is 0 Å². The molecule has 1 rings (SSSR count). The Morgan fingerprint density at radius 1 is 1.20 bits per heavy atom. The van der Waals surface area contributed by atoms with Crippen molar-refractivity contribution in [1.29, 1.82) is 0 Å². The van der Waals surface area contributed by atoms with Crippen LogP contribution in [-0.2, 0) is 4.79 Å². The summed E-state index contributed by atoms with van der Waals surface area (Å²) in [6, 6.07) is 5.03. The van der Waals surface area contributed by atoms with Crippen molar-refractivity contribution in [2.24, 2.45) is 0 Å². The van der Waals surface area contributed by atoms with Crippen LogP contribution < -0.4 is 14.8 Å². The molecule has 0 aliphatic rings. The summed E-state index contributed by atoms with van der Waals surface area (Å²) in [6.07, 6.45) is 0.841. The lowest BCUT2D eigenvalue weighted by Gasteiger charge is -2.12. The van der Waals surface area contributed by atoms with E-state index in [1.807, 2.05) is 0 Å². The monoisotopic (exact) mass is 209 g/mol. The third kappa shape index (κ3) is 2.70. The van der Waals surface area contributed by atoms with Gasteiger partial charge < -0.3 is 19.6 Å². The molecule has 0 aliphatic heterocycles. The van der Waals surface area contributed by atoms with Gasteiger partial charge in [0.15, 0.2) is 0 Å². The van der Waals surface area contributed by atoms with E-state index in [-0.39, 0.29) is 6.04 Å². The van der Waals surface area contributed by atoms with Gasteiger partial charge in [-0.1, -0.05) is 0 Å². The smallest absolute Gasteiger partial charge is 0.141 e. The zero-order chi connectivity index (χ0) is 11.3. The first kappa shape index (κ1) is 11.5. The first-order chi connectivity index (χ1) is 7.24. The van der Waals surface area contributed by atoms with Gasteiger partial charge >= 0.3 is 0 Å². The summed E-state index contributed by atoms with van der Waals surface area (Å²) in [5.74, 6) is 1.35. The highest BCUT2D eigenvalue weighted by atomic mass is 16.5. The number of carbonyl (C=O) groups excluding carboxylic acids is 1. The van der Waals surface area contributed by atoms with E-state index in [1.165, 1.54) is 0 Å². The van der Waals surface area contributed by atoms with Gasteiger partial charge in [0.1, 0.15) is 17.8 Å². The van der Waals surface area contributed by atoms with E-state index in [9.17, 15) is 4.79 Å². The second kappa shape index (κ2) is 5.36. The SMILES string of the molecule is CNC(C=O)c1cc(OC)cc(OC)c1. The van der Waals surface area contributed by atoms with Crippen LogP contribution >= 0.6 is 0 Å². The lowest BCUT2D eigenvalue weighted by molar-refractivity contribution is -0.109. The van der Waals surface area contributed by atoms with Crippen molar-refractivity contribution in [2.45, 2.75) is 6.04 Å². The summed E-state index contributed by atoms with van der Waals surface area (Å²) < 4.78 is 10.2. The van der Waals surface area contributed by atoms with Crippen molar-refractivity contribution < 1.29 is 14.3 Å². The number of rotatable bonds is 5. The minimum Gasteiger partial charge on any atom is -0.497 e. The van der Waals surface area contributed by atoms with Gasteiger partial charge in [0.2, 0.25) is 0 Å². The van der Waals surface area contributed by atoms with Crippen LogP contribution in [0.3, 0.4) is 0 Å². The van der Waals surface area contributed by atoms with Gasteiger partial charge in [0, 0.05) is 6.07 Å². The molecule has 0 aromatic heterocycles. The van der Waals surface area contributed by atoms with E-state index in [4.69, 9.17) is 9.47 Å². The molecular weight excluding hydrogens is 194 g/mol. The predicted molar refractivity (Wildman–Crippen MR) is 57.4 cm³/mol. The average molecular weight is 209 g/mol. The molecule has 4 heteroatoms. The van der Waals surface area contributed by atoms with Gasteiger partial charge in [0.25, 0.3) is 0 Å². The van der Waals surface area contributed by atoms with E-state index in [0.29, 0.717) is 11.5 Å². The van der Waals surface area contributed by atoms with Gasteiger partial charge in [0.05, 0.1) is 20.3 Å². The fourth-order valence-corrected chi connectivity index (χ4v) is 1.32. The van der Waals surface area contributed by atoms with Gasteiger partial charge in [-0.2, -0.15) is 0 Å². The molecule has 0 amide bonds. The standard InChI is InChI=1S/C11H15NO3/c1-12-11(7-13)8-4-9(14-2)6-10(5-8)15-3/h4-7,11-12H,1-3H3. The summed E-state index contributed by atoms with van der Waals surface area (Å²) >= 11 is 0. The van der Waals surface area contributed by atoms with Gasteiger partial charge in [-0.15, -0.1) is 0 Å². The van der Waals surface area contributed by atoms with Crippen LogP contribution in [0.15, 0.2) is 18.2 Å². The Labute approximate surface area is 89.2 Å². The van der Waals surface area contributed by atoms with E-state index < -0.39 is 0 Å². The molecule has 0 saturated carbocycles. The van der Waals surface area contributed by atoms with Gasteiger partial charge in [-0.3, -0.25) is 0 Å². The Balaban J connectivity index is 3.10. The Morgan fingerprint density at radius 2 is 1.73 bits per heavy atom. The third-order valence-corrected chi connectivity index (χ3v) is 2.18. The summed E-state index contributed by atoms with van der Waals surface area (Å²) in [5.41, 5.74) is 0.823. The molecule has 0 radical (unpaired) electrons. The van der Waals surface area contributed by atoms with Crippen LogP contribution in [0.2, 0.25) is 0 Å². The first-order valence-corrected chi connectivity index (χ1v) is 4.60. The minimum absolute atomic E-state index is 0.339. The lowest BCUT2D eigenvalue weighted by Crippen LogP contribution is -2.17. The first-order valence-electron chi connectivity index (χ1n) is 4.60. The van der Waals surface area contributed by atoms with Gasteiger partial charge in [-0.25, -0.2) is 0 Å². The second-order valence-electron chi connectivity index (χ2n) is 3.05. The quantitative estimate of drug-likeness (QED) is 0.739. The van der Waals surface area contributed by atoms with E-state index in [1.54, 1.807) is 39.5 Å². The van der Waals surface area contributed by atoms with Crippen LogP contribution in [0.5, 0.6) is 11.5 Å². The molecule has 4 nitrogen and oxygen atoms in total. The highest BCUT2D eigenvalue weighted by molar-refractivity contribution is 5.62. The Kier molecular flexibility index (Phi) is 4.12. The van der Waals surface area contributed by atoms with E-state index in [2.05, 4.69) is 5.32 Å². The minimum atomic E-state index is -0.339. The number of hydrogen-bond donors (Lipinski definition) is 1. The molecule has 0 bridgehead atoms. The van der Waals surface area contributed by atoms with Crippen LogP contribution in [-0.4, -0.2) is 27.6 Å². The molecular formula is C11H15NO3. The molecule has 1 atom stereocenters. The number of methoxy groups -OCH3 is 2. The number of likely N-dealkylation sites (N-methyl/N-ethyl adjacent to an activating group) is 1. The van der Waals surface area contributed by atoms with Crippen molar-refractivity contribution in [2.75, 3.05) is 21.3 Å². The fourth-order valence-electron chi connectivity index (χ4n) is 1.32. The maximum absolute atomic E-state index is 10.8. The molecule has 1 N–H and O–H groups in total. The Hall–Kier alpha value is -1.55. The molecule has 0 fully saturated rings. The maximum Gasteiger partial charge on any atom is 0.141 e. The van der Waals surface area contributed by atoms with Crippen molar-refractivity contribution >= 4 is 6.29 Å². The Bertz CT molecular complexity index is 316. The summed E-state index contributed by atoms with van der Waals surface area (Å²) in [7, 11) is 4.88. The molecule has 0 heterocycles. The van der Waals surface area contributed by atoms with Crippen LogP contribution in [0.4, 0.5) is 0 Å². The normalized spacial score (nSPS) is 11.9. The lowest BCUT2D eigenvalue weighted by atomic mass is 10.1. The summed E-state index contributed by atoms with van der Waals surface area (Å²) in [6.45, 7) is 0. The molecule has 15 heavy (non-hydrogen) atoms. The number of nitrogens with one attached hydrogen (secondary N) is 1. The predicted octanol–water partition coefficient (Wildman–Crippen LogP) is 1.16. The zero-order valence-corrected chi connectivity index (χ0v) is 9.11. The van der Waals surface area contributed by atoms with Crippen LogP contribution in [0.1, 0.15) is 11.6 Å². The van der Waals surface area contributed by atoms with E-state index in [0.717, 1.165) is 11.8 Å². The van der Waals surface area contributed by atoms with E-state index >= 15 is 0 Å². The van der Waals surface area contributed by atoms with Crippen LogP contribution in [0.25, 0.3) is 0 Å². The molecule has 82 valence electrons. The molecule has 0 spiro atoms. The molecule has 0 aliphatic carbocycles. The topological polar surface area (TPSA) is 47.6 Å². The average Bonchev–Trinajstić information content (AvgIpc) is 2.30. The highest BCUT2D eigenvalue weighted by Crippen LogP contribution is 2.25. The largest absolute Gasteiger partial charge is 0.497 e. The van der Waals surface area contributed by atoms with Crippen molar-refractivity contribution in [3.05, 3.63) is 23.8 Å². The summed E-state index contributed by atoms with van der Waals surface area (Å²) in [5, 5.41) is 2.89. The molecule has 1 unspecified atom stereocenters. The zero-order valence-electron chi connectivity index (χ0n) is 9.11.